The van der Waals surface area contributed by atoms with Crippen molar-refractivity contribution < 1.29 is 4.74 Å². The van der Waals surface area contributed by atoms with Crippen LogP contribution in [-0.2, 0) is 4.74 Å². The van der Waals surface area contributed by atoms with Crippen LogP contribution in [0.3, 0.4) is 0 Å². The summed E-state index contributed by atoms with van der Waals surface area (Å²) in [4.78, 5) is 9.70. The monoisotopic (exact) mass is 384 g/mol. The minimum atomic E-state index is 0.180. The molecule has 1 aromatic carbocycles. The van der Waals surface area contributed by atoms with E-state index in [1.807, 2.05) is 7.05 Å². The third-order valence-electron chi connectivity index (χ3n) is 7.22. The first-order valence-electron chi connectivity index (χ1n) is 10.9. The van der Waals surface area contributed by atoms with Crippen molar-refractivity contribution in [1.82, 2.24) is 15.1 Å². The predicted octanol–water partition coefficient (Wildman–Crippen LogP) is 3.14. The number of nitrogens with one attached hydrogen (secondary N) is 1. The SMILES string of the molecule is CCC(c1ccccc1)N1CCN(C(=NC)NC2C3CCOC3C2(C)C)CC1. The summed E-state index contributed by atoms with van der Waals surface area (Å²) >= 11 is 0. The second-order valence-corrected chi connectivity index (χ2v) is 9.09. The summed E-state index contributed by atoms with van der Waals surface area (Å²) < 4.78 is 5.95. The smallest absolute Gasteiger partial charge is 0.193 e. The normalized spacial score (nSPS) is 31.2. The van der Waals surface area contributed by atoms with Gasteiger partial charge in [-0.2, -0.15) is 0 Å². The molecule has 0 spiro atoms. The minimum absolute atomic E-state index is 0.180. The van der Waals surface area contributed by atoms with Crippen molar-refractivity contribution in [2.24, 2.45) is 16.3 Å². The molecule has 154 valence electrons. The van der Waals surface area contributed by atoms with Gasteiger partial charge in [-0.25, -0.2) is 0 Å². The Balaban J connectivity index is 1.36. The molecule has 1 N–H and O–H groups in total. The Hall–Kier alpha value is -1.59. The molecule has 5 heteroatoms. The summed E-state index contributed by atoms with van der Waals surface area (Å²) in [5.41, 5.74) is 1.61. The van der Waals surface area contributed by atoms with E-state index >= 15 is 0 Å². The third-order valence-corrected chi connectivity index (χ3v) is 7.22. The van der Waals surface area contributed by atoms with Gasteiger partial charge in [-0.3, -0.25) is 9.89 Å². The second kappa shape index (κ2) is 8.03. The zero-order valence-electron chi connectivity index (χ0n) is 17.9. The average Bonchev–Trinajstić information content (AvgIpc) is 3.18. The molecule has 4 unspecified atom stereocenters. The van der Waals surface area contributed by atoms with Crippen molar-refractivity contribution in [2.45, 2.75) is 51.8 Å². The number of rotatable bonds is 4. The Labute approximate surface area is 170 Å². The van der Waals surface area contributed by atoms with Crippen molar-refractivity contribution in [3.63, 3.8) is 0 Å². The summed E-state index contributed by atoms with van der Waals surface area (Å²) in [6.07, 6.45) is 2.73. The molecule has 4 atom stereocenters. The van der Waals surface area contributed by atoms with Crippen molar-refractivity contribution >= 4 is 5.96 Å². The van der Waals surface area contributed by atoms with E-state index in [0.717, 1.165) is 45.2 Å². The quantitative estimate of drug-likeness (QED) is 0.640. The molecule has 0 amide bonds. The Bertz CT molecular complexity index is 681. The molecule has 1 saturated carbocycles. The molecule has 0 radical (unpaired) electrons. The van der Waals surface area contributed by atoms with Crippen molar-refractivity contribution in [2.75, 3.05) is 39.8 Å². The van der Waals surface area contributed by atoms with Gasteiger partial charge in [0, 0.05) is 63.3 Å². The number of piperazine rings is 1. The first kappa shape index (κ1) is 19.7. The molecule has 2 aliphatic heterocycles. The Morgan fingerprint density at radius 1 is 1.21 bits per heavy atom. The maximum absolute atomic E-state index is 5.95. The number of nitrogens with zero attached hydrogens (tertiary/aromatic N) is 3. The number of aliphatic imine (C=N–C) groups is 1. The maximum atomic E-state index is 5.95. The van der Waals surface area contributed by atoms with E-state index in [0.29, 0.717) is 24.1 Å². The lowest BCUT2D eigenvalue weighted by atomic mass is 9.57. The van der Waals surface area contributed by atoms with E-state index in [-0.39, 0.29) is 5.41 Å². The molecular weight excluding hydrogens is 348 g/mol. The topological polar surface area (TPSA) is 40.1 Å². The van der Waals surface area contributed by atoms with Gasteiger partial charge in [-0.05, 0) is 18.4 Å². The highest BCUT2D eigenvalue weighted by molar-refractivity contribution is 5.80. The minimum Gasteiger partial charge on any atom is -0.377 e. The summed E-state index contributed by atoms with van der Waals surface area (Å²) in [7, 11) is 1.92. The molecule has 0 aromatic heterocycles. The number of ether oxygens (including phenoxy) is 1. The molecular formula is C23H36N4O. The van der Waals surface area contributed by atoms with E-state index in [9.17, 15) is 0 Å². The van der Waals surface area contributed by atoms with Gasteiger partial charge < -0.3 is 15.0 Å². The molecule has 3 fully saturated rings. The summed E-state index contributed by atoms with van der Waals surface area (Å²) in [5, 5.41) is 3.80. The molecule has 2 saturated heterocycles. The first-order chi connectivity index (χ1) is 13.6. The lowest BCUT2D eigenvalue weighted by molar-refractivity contribution is -0.107. The van der Waals surface area contributed by atoms with Gasteiger partial charge in [-0.15, -0.1) is 0 Å². The second-order valence-electron chi connectivity index (χ2n) is 9.09. The van der Waals surface area contributed by atoms with Gasteiger partial charge in [0.15, 0.2) is 5.96 Å². The summed E-state index contributed by atoms with van der Waals surface area (Å²) in [6, 6.07) is 11.9. The van der Waals surface area contributed by atoms with Crippen LogP contribution in [0.4, 0.5) is 0 Å². The fraction of sp³-hybridized carbons (Fsp3) is 0.696. The van der Waals surface area contributed by atoms with E-state index in [1.54, 1.807) is 0 Å². The number of fused-ring (bicyclic) bond motifs is 1. The highest BCUT2D eigenvalue weighted by Gasteiger charge is 2.59. The van der Waals surface area contributed by atoms with Crippen LogP contribution in [-0.4, -0.2) is 67.7 Å². The highest BCUT2D eigenvalue weighted by Crippen LogP contribution is 2.52. The Kier molecular flexibility index (Phi) is 5.66. The first-order valence-corrected chi connectivity index (χ1v) is 10.9. The molecule has 3 aliphatic rings. The van der Waals surface area contributed by atoms with Gasteiger partial charge in [0.25, 0.3) is 0 Å². The lowest BCUT2D eigenvalue weighted by Crippen LogP contribution is -2.68. The van der Waals surface area contributed by atoms with Gasteiger partial charge >= 0.3 is 0 Å². The molecule has 4 rings (SSSR count). The van der Waals surface area contributed by atoms with Crippen LogP contribution in [0.25, 0.3) is 0 Å². The van der Waals surface area contributed by atoms with E-state index in [1.165, 1.54) is 12.0 Å². The molecule has 1 aliphatic carbocycles. The number of guanidine groups is 1. The van der Waals surface area contributed by atoms with E-state index in [4.69, 9.17) is 4.74 Å². The van der Waals surface area contributed by atoms with Crippen LogP contribution in [0.1, 0.15) is 45.2 Å². The average molecular weight is 385 g/mol. The van der Waals surface area contributed by atoms with Gasteiger partial charge in [-0.1, -0.05) is 51.1 Å². The molecule has 2 heterocycles. The van der Waals surface area contributed by atoms with Crippen LogP contribution < -0.4 is 5.32 Å². The van der Waals surface area contributed by atoms with Crippen LogP contribution >= 0.6 is 0 Å². The fourth-order valence-corrected chi connectivity index (χ4v) is 5.68. The van der Waals surface area contributed by atoms with Crippen LogP contribution in [0.2, 0.25) is 0 Å². The van der Waals surface area contributed by atoms with Gasteiger partial charge in [0.1, 0.15) is 0 Å². The van der Waals surface area contributed by atoms with Crippen LogP contribution in [0.15, 0.2) is 35.3 Å². The van der Waals surface area contributed by atoms with E-state index in [2.05, 4.69) is 71.2 Å². The summed E-state index contributed by atoms with van der Waals surface area (Å²) in [5.74, 6) is 1.70. The Morgan fingerprint density at radius 2 is 1.93 bits per heavy atom. The van der Waals surface area contributed by atoms with Gasteiger partial charge in [0.2, 0.25) is 0 Å². The predicted molar refractivity (Wildman–Crippen MR) is 115 cm³/mol. The Morgan fingerprint density at radius 3 is 2.57 bits per heavy atom. The number of hydrogen-bond donors (Lipinski definition) is 1. The molecule has 0 bridgehead atoms. The van der Waals surface area contributed by atoms with E-state index < -0.39 is 0 Å². The summed E-state index contributed by atoms with van der Waals surface area (Å²) in [6.45, 7) is 12.1. The number of hydrogen-bond acceptors (Lipinski definition) is 3. The van der Waals surface area contributed by atoms with Crippen molar-refractivity contribution in [3.8, 4) is 0 Å². The largest absolute Gasteiger partial charge is 0.377 e. The zero-order chi connectivity index (χ0) is 19.7. The van der Waals surface area contributed by atoms with Gasteiger partial charge in [0.05, 0.1) is 6.10 Å². The fourth-order valence-electron chi connectivity index (χ4n) is 5.68. The molecule has 28 heavy (non-hydrogen) atoms. The standard InChI is InChI=1S/C23H36N4O/c1-5-19(17-9-7-6-8-10-17)26-12-14-27(15-13-26)22(24-4)25-20-18-11-16-28-21(18)23(20,2)3/h6-10,18-21H,5,11-16H2,1-4H3,(H,24,25). The zero-order valence-corrected chi connectivity index (χ0v) is 17.9. The van der Waals surface area contributed by atoms with Crippen molar-refractivity contribution in [1.29, 1.82) is 0 Å². The molecule has 5 nitrogen and oxygen atoms in total. The lowest BCUT2D eigenvalue weighted by Gasteiger charge is -2.55. The van der Waals surface area contributed by atoms with Crippen molar-refractivity contribution in [3.05, 3.63) is 35.9 Å². The van der Waals surface area contributed by atoms with Crippen LogP contribution in [0, 0.1) is 11.3 Å². The molecule has 1 aromatic rings. The highest BCUT2D eigenvalue weighted by atomic mass is 16.5. The van der Waals surface area contributed by atoms with Crippen LogP contribution in [0.5, 0.6) is 0 Å². The maximum Gasteiger partial charge on any atom is 0.193 e. The third kappa shape index (κ3) is 3.43. The number of benzene rings is 1.